The molecule has 0 saturated carbocycles. The minimum absolute atomic E-state index is 0.0446. The lowest BCUT2D eigenvalue weighted by atomic mass is 9.93. The zero-order chi connectivity index (χ0) is 24.2. The van der Waals surface area contributed by atoms with Gasteiger partial charge in [0.1, 0.15) is 11.5 Å². The molecule has 0 bridgehead atoms. The maximum atomic E-state index is 13.2. The van der Waals surface area contributed by atoms with Crippen LogP contribution in [0.2, 0.25) is 0 Å². The van der Waals surface area contributed by atoms with Crippen molar-refractivity contribution in [3.63, 3.8) is 0 Å². The number of hydrogen-bond donors (Lipinski definition) is 1. The van der Waals surface area contributed by atoms with Gasteiger partial charge >= 0.3 is 5.91 Å². The summed E-state index contributed by atoms with van der Waals surface area (Å²) in [6, 6.07) is 14.0. The van der Waals surface area contributed by atoms with Crippen LogP contribution >= 0.6 is 11.3 Å². The summed E-state index contributed by atoms with van der Waals surface area (Å²) < 4.78 is 5.77. The second-order valence-corrected chi connectivity index (χ2v) is 9.41. The summed E-state index contributed by atoms with van der Waals surface area (Å²) in [5.74, 6) is -0.719. The van der Waals surface area contributed by atoms with Gasteiger partial charge in [0.15, 0.2) is 5.13 Å². The van der Waals surface area contributed by atoms with E-state index in [9.17, 15) is 14.7 Å². The van der Waals surface area contributed by atoms with Gasteiger partial charge in [0.05, 0.1) is 18.2 Å². The second kappa shape index (κ2) is 10.2. The average molecular weight is 477 g/mol. The molecule has 1 fully saturated rings. The Morgan fingerprint density at radius 1 is 1.18 bits per heavy atom. The fourth-order valence-electron chi connectivity index (χ4n) is 3.97. The van der Waals surface area contributed by atoms with E-state index >= 15 is 0 Å². The van der Waals surface area contributed by atoms with Crippen LogP contribution in [0.3, 0.4) is 0 Å². The van der Waals surface area contributed by atoms with E-state index in [1.165, 1.54) is 16.2 Å². The van der Waals surface area contributed by atoms with Crippen LogP contribution in [-0.2, 0) is 9.59 Å². The van der Waals surface area contributed by atoms with Crippen LogP contribution in [0.4, 0.5) is 5.13 Å². The van der Waals surface area contributed by atoms with Crippen molar-refractivity contribution in [1.29, 1.82) is 0 Å². The third-order valence-corrected chi connectivity index (χ3v) is 6.63. The first-order valence-electron chi connectivity index (χ1n) is 11.5. The molecule has 176 valence electrons. The number of ether oxygens (including phenoxy) is 1. The molecule has 1 atom stereocenters. The number of aliphatic hydroxyl groups is 1. The molecule has 2 heterocycles. The third kappa shape index (κ3) is 4.61. The van der Waals surface area contributed by atoms with E-state index in [0.717, 1.165) is 24.0 Å². The SMILES string of the molecule is CCCCOc1cccc(C(O)=C2C(=O)C(=O)N(c3nccs3)C2c2ccc(C(C)C)cc2)c1. The number of thiazole rings is 1. The van der Waals surface area contributed by atoms with E-state index in [1.54, 1.807) is 29.8 Å². The minimum atomic E-state index is -0.781. The lowest BCUT2D eigenvalue weighted by Crippen LogP contribution is -2.29. The topological polar surface area (TPSA) is 79.7 Å². The lowest BCUT2D eigenvalue weighted by molar-refractivity contribution is -0.132. The number of amides is 1. The molecule has 7 heteroatoms. The number of aliphatic hydroxyl groups excluding tert-OH is 1. The van der Waals surface area contributed by atoms with Gasteiger partial charge in [0.25, 0.3) is 5.78 Å². The van der Waals surface area contributed by atoms with Gasteiger partial charge in [-0.2, -0.15) is 0 Å². The molecule has 3 aromatic rings. The number of rotatable bonds is 8. The fourth-order valence-corrected chi connectivity index (χ4v) is 4.63. The van der Waals surface area contributed by atoms with Crippen LogP contribution in [0.15, 0.2) is 65.7 Å². The van der Waals surface area contributed by atoms with Crippen molar-refractivity contribution in [3.05, 3.63) is 82.4 Å². The predicted octanol–water partition coefficient (Wildman–Crippen LogP) is 6.07. The largest absolute Gasteiger partial charge is 0.507 e. The fraction of sp³-hybridized carbons (Fsp3) is 0.296. The normalized spacial score (nSPS) is 17.5. The summed E-state index contributed by atoms with van der Waals surface area (Å²) in [5.41, 5.74) is 2.35. The van der Waals surface area contributed by atoms with Gasteiger partial charge in [-0.3, -0.25) is 14.5 Å². The molecule has 1 unspecified atom stereocenters. The molecule has 1 aromatic heterocycles. The number of aromatic nitrogens is 1. The molecule has 34 heavy (non-hydrogen) atoms. The zero-order valence-electron chi connectivity index (χ0n) is 19.5. The standard InChI is InChI=1S/C27H28N2O4S/c1-4-5-14-33-21-8-6-7-20(16-21)24(30)22-23(19-11-9-18(10-12-19)17(2)3)29(26(32)25(22)31)27-28-13-15-34-27/h6-13,15-17,23,30H,4-5,14H2,1-3H3. The van der Waals surface area contributed by atoms with Crippen LogP contribution in [0.5, 0.6) is 5.75 Å². The third-order valence-electron chi connectivity index (χ3n) is 5.86. The molecular formula is C27H28N2O4S. The van der Waals surface area contributed by atoms with Crippen molar-refractivity contribution in [3.8, 4) is 5.75 Å². The Morgan fingerprint density at radius 2 is 1.94 bits per heavy atom. The first-order valence-corrected chi connectivity index (χ1v) is 12.3. The van der Waals surface area contributed by atoms with Gasteiger partial charge in [0, 0.05) is 17.1 Å². The minimum Gasteiger partial charge on any atom is -0.507 e. The van der Waals surface area contributed by atoms with E-state index in [2.05, 4.69) is 25.8 Å². The number of carbonyl (C=O) groups is 2. The van der Waals surface area contributed by atoms with Crippen molar-refractivity contribution >= 4 is 33.9 Å². The monoisotopic (exact) mass is 476 g/mol. The van der Waals surface area contributed by atoms with Gasteiger partial charge in [-0.05, 0) is 35.6 Å². The molecule has 2 aromatic carbocycles. The van der Waals surface area contributed by atoms with Crippen molar-refractivity contribution in [2.75, 3.05) is 11.5 Å². The van der Waals surface area contributed by atoms with E-state index < -0.39 is 17.7 Å². The quantitative estimate of drug-likeness (QED) is 0.185. The number of nitrogens with zero attached hydrogens (tertiary/aromatic N) is 2. The Hall–Kier alpha value is -3.45. The highest BCUT2D eigenvalue weighted by Gasteiger charge is 2.48. The molecule has 1 aliphatic rings. The highest BCUT2D eigenvalue weighted by Crippen LogP contribution is 2.43. The molecular weight excluding hydrogens is 448 g/mol. The molecule has 0 spiro atoms. The summed E-state index contributed by atoms with van der Waals surface area (Å²) in [7, 11) is 0. The van der Waals surface area contributed by atoms with Crippen LogP contribution in [0.1, 0.15) is 62.3 Å². The van der Waals surface area contributed by atoms with Crippen molar-refractivity contribution < 1.29 is 19.4 Å². The molecule has 0 aliphatic carbocycles. The second-order valence-electron chi connectivity index (χ2n) is 8.53. The van der Waals surface area contributed by atoms with Gasteiger partial charge in [-0.15, -0.1) is 11.3 Å². The Kier molecular flexibility index (Phi) is 7.12. The van der Waals surface area contributed by atoms with Crippen molar-refractivity contribution in [2.24, 2.45) is 0 Å². The molecule has 1 amide bonds. The molecule has 0 radical (unpaired) electrons. The zero-order valence-corrected chi connectivity index (χ0v) is 20.3. The highest BCUT2D eigenvalue weighted by molar-refractivity contribution is 7.14. The molecule has 1 aliphatic heterocycles. The maximum absolute atomic E-state index is 13.2. The summed E-state index contributed by atoms with van der Waals surface area (Å²) >= 11 is 1.27. The van der Waals surface area contributed by atoms with Crippen LogP contribution in [0.25, 0.3) is 5.76 Å². The van der Waals surface area contributed by atoms with E-state index in [-0.39, 0.29) is 11.3 Å². The Morgan fingerprint density at radius 3 is 2.59 bits per heavy atom. The van der Waals surface area contributed by atoms with Crippen molar-refractivity contribution in [2.45, 2.75) is 45.6 Å². The van der Waals surface area contributed by atoms with E-state index in [4.69, 9.17) is 4.74 Å². The van der Waals surface area contributed by atoms with Crippen LogP contribution in [-0.4, -0.2) is 28.4 Å². The van der Waals surface area contributed by atoms with Crippen LogP contribution in [0, 0.1) is 0 Å². The molecule has 1 saturated heterocycles. The summed E-state index contributed by atoms with van der Waals surface area (Å²) in [4.78, 5) is 32.0. The van der Waals surface area contributed by atoms with E-state index in [0.29, 0.717) is 29.0 Å². The number of ketones is 1. The predicted molar refractivity (Wildman–Crippen MR) is 134 cm³/mol. The molecule has 6 nitrogen and oxygen atoms in total. The molecule has 1 N–H and O–H groups in total. The Balaban J connectivity index is 1.82. The Bertz CT molecular complexity index is 1200. The number of anilines is 1. The van der Waals surface area contributed by atoms with Crippen LogP contribution < -0.4 is 9.64 Å². The van der Waals surface area contributed by atoms with Crippen molar-refractivity contribution in [1.82, 2.24) is 4.98 Å². The summed E-state index contributed by atoms with van der Waals surface area (Å²) in [5, 5.41) is 13.5. The summed E-state index contributed by atoms with van der Waals surface area (Å²) in [6.07, 6.45) is 3.52. The first-order chi connectivity index (χ1) is 16.4. The van der Waals surface area contributed by atoms with Gasteiger partial charge in [-0.1, -0.05) is 63.6 Å². The van der Waals surface area contributed by atoms with Gasteiger partial charge in [0.2, 0.25) is 0 Å². The number of hydrogen-bond acceptors (Lipinski definition) is 6. The lowest BCUT2D eigenvalue weighted by Gasteiger charge is -2.23. The highest BCUT2D eigenvalue weighted by atomic mass is 32.1. The smallest absolute Gasteiger partial charge is 0.301 e. The number of unbranched alkanes of at least 4 members (excludes halogenated alkanes) is 1. The Labute approximate surface area is 203 Å². The summed E-state index contributed by atoms with van der Waals surface area (Å²) in [6.45, 7) is 6.86. The van der Waals surface area contributed by atoms with Gasteiger partial charge < -0.3 is 9.84 Å². The first kappa shape index (κ1) is 23.7. The number of carbonyl (C=O) groups excluding carboxylic acids is 2. The maximum Gasteiger partial charge on any atom is 0.301 e. The average Bonchev–Trinajstić information content (AvgIpc) is 3.46. The van der Waals surface area contributed by atoms with Gasteiger partial charge in [-0.25, -0.2) is 4.98 Å². The number of benzene rings is 2. The van der Waals surface area contributed by atoms with E-state index in [1.807, 2.05) is 30.3 Å². The number of Topliss-reactive ketones (excluding diaryl/α,β-unsaturated/α-hetero) is 1. The molecule has 4 rings (SSSR count).